The van der Waals surface area contributed by atoms with Gasteiger partial charge in [-0.25, -0.2) is 0 Å². The highest BCUT2D eigenvalue weighted by molar-refractivity contribution is 6.35. The van der Waals surface area contributed by atoms with E-state index in [1.165, 1.54) is 0 Å². The predicted octanol–water partition coefficient (Wildman–Crippen LogP) is 3.42. The standard InChI is InChI=1S/C18H18Cl2N2O2/c19-12-6-7-14(15(20)10-12)17(23)11-21-16-8-9-22(18(16)24)13-4-2-1-3-5-13/h1-7,10,16-17,21,23H,8-9,11H2. The number of anilines is 1. The van der Waals surface area contributed by atoms with E-state index in [-0.39, 0.29) is 18.5 Å². The van der Waals surface area contributed by atoms with Crippen LogP contribution in [0.25, 0.3) is 0 Å². The van der Waals surface area contributed by atoms with Crippen LogP contribution in [0.5, 0.6) is 0 Å². The SMILES string of the molecule is O=C1C(NCC(O)c2ccc(Cl)cc2Cl)CCN1c1ccccc1. The van der Waals surface area contributed by atoms with E-state index in [0.717, 1.165) is 5.69 Å². The minimum absolute atomic E-state index is 0.0237. The van der Waals surface area contributed by atoms with Crippen LogP contribution in [-0.4, -0.2) is 30.1 Å². The summed E-state index contributed by atoms with van der Waals surface area (Å²) >= 11 is 12.0. The van der Waals surface area contributed by atoms with Crippen molar-refractivity contribution >= 4 is 34.8 Å². The zero-order valence-electron chi connectivity index (χ0n) is 13.0. The fourth-order valence-electron chi connectivity index (χ4n) is 2.87. The average molecular weight is 365 g/mol. The van der Waals surface area contributed by atoms with Gasteiger partial charge in [0.1, 0.15) is 0 Å². The Labute approximate surface area is 151 Å². The molecule has 0 spiro atoms. The highest BCUT2D eigenvalue weighted by Crippen LogP contribution is 2.26. The summed E-state index contributed by atoms with van der Waals surface area (Å²) in [7, 11) is 0. The van der Waals surface area contributed by atoms with Crippen LogP contribution >= 0.6 is 23.2 Å². The molecular weight excluding hydrogens is 347 g/mol. The molecule has 2 unspecified atom stereocenters. The Balaban J connectivity index is 1.60. The number of aliphatic hydroxyl groups is 1. The number of nitrogens with zero attached hydrogens (tertiary/aromatic N) is 1. The first-order valence-electron chi connectivity index (χ1n) is 7.79. The molecule has 1 fully saturated rings. The molecule has 1 amide bonds. The zero-order chi connectivity index (χ0) is 17.1. The second kappa shape index (κ2) is 7.53. The molecule has 0 radical (unpaired) electrons. The Kier molecular flexibility index (Phi) is 5.41. The fraction of sp³-hybridized carbons (Fsp3) is 0.278. The summed E-state index contributed by atoms with van der Waals surface area (Å²) in [4.78, 5) is 14.3. The molecule has 2 aromatic carbocycles. The Morgan fingerprint density at radius 3 is 2.67 bits per heavy atom. The normalized spacial score (nSPS) is 18.9. The molecule has 2 atom stereocenters. The molecule has 1 saturated heterocycles. The third-order valence-electron chi connectivity index (χ3n) is 4.15. The monoisotopic (exact) mass is 364 g/mol. The number of carbonyl (C=O) groups excluding carboxylic acids is 1. The van der Waals surface area contributed by atoms with Crippen molar-refractivity contribution < 1.29 is 9.90 Å². The summed E-state index contributed by atoms with van der Waals surface area (Å²) in [6.45, 7) is 0.915. The Hall–Kier alpha value is -1.59. The van der Waals surface area contributed by atoms with Crippen LogP contribution in [0, 0.1) is 0 Å². The van der Waals surface area contributed by atoms with Gasteiger partial charge in [-0.1, -0.05) is 47.5 Å². The van der Waals surface area contributed by atoms with Crippen LogP contribution in [0.4, 0.5) is 5.69 Å². The molecule has 3 rings (SSSR count). The van der Waals surface area contributed by atoms with Crippen LogP contribution in [0.15, 0.2) is 48.5 Å². The average Bonchev–Trinajstić information content (AvgIpc) is 2.94. The van der Waals surface area contributed by atoms with Gasteiger partial charge in [0.05, 0.1) is 12.1 Å². The molecule has 0 aromatic heterocycles. The van der Waals surface area contributed by atoms with Gasteiger partial charge in [-0.05, 0) is 30.7 Å². The second-order valence-electron chi connectivity index (χ2n) is 5.76. The third kappa shape index (κ3) is 3.73. The van der Waals surface area contributed by atoms with Crippen LogP contribution in [0.2, 0.25) is 10.0 Å². The Bertz CT molecular complexity index is 724. The molecule has 4 nitrogen and oxygen atoms in total. The maximum Gasteiger partial charge on any atom is 0.244 e. The summed E-state index contributed by atoms with van der Waals surface area (Å²) in [5.74, 6) is 0.0237. The molecule has 1 aliphatic heterocycles. The maximum atomic E-state index is 12.5. The molecule has 1 aliphatic rings. The van der Waals surface area contributed by atoms with E-state index in [1.807, 2.05) is 30.3 Å². The van der Waals surface area contributed by atoms with Crippen LogP contribution in [0.3, 0.4) is 0 Å². The van der Waals surface area contributed by atoms with E-state index >= 15 is 0 Å². The van der Waals surface area contributed by atoms with Gasteiger partial charge in [0, 0.05) is 34.4 Å². The summed E-state index contributed by atoms with van der Waals surface area (Å²) in [6, 6.07) is 14.3. The summed E-state index contributed by atoms with van der Waals surface area (Å²) in [6.07, 6.45) is -0.0947. The molecule has 1 heterocycles. The van der Waals surface area contributed by atoms with E-state index in [2.05, 4.69) is 5.32 Å². The number of nitrogens with one attached hydrogen (secondary N) is 1. The van der Waals surface area contributed by atoms with E-state index in [1.54, 1.807) is 23.1 Å². The number of hydrogen-bond donors (Lipinski definition) is 2. The van der Waals surface area contributed by atoms with Gasteiger partial charge in [0.2, 0.25) is 5.91 Å². The Morgan fingerprint density at radius 2 is 1.96 bits per heavy atom. The van der Waals surface area contributed by atoms with E-state index in [0.29, 0.717) is 28.6 Å². The number of aliphatic hydroxyl groups excluding tert-OH is 1. The molecule has 2 N–H and O–H groups in total. The smallest absolute Gasteiger partial charge is 0.244 e. The van der Waals surface area contributed by atoms with Crippen LogP contribution in [0.1, 0.15) is 18.1 Å². The second-order valence-corrected chi connectivity index (χ2v) is 6.60. The number of carbonyl (C=O) groups is 1. The number of rotatable bonds is 5. The molecule has 0 bridgehead atoms. The topological polar surface area (TPSA) is 52.6 Å². The molecule has 2 aromatic rings. The van der Waals surface area contributed by atoms with Crippen molar-refractivity contribution in [3.8, 4) is 0 Å². The quantitative estimate of drug-likeness (QED) is 0.854. The molecule has 0 aliphatic carbocycles. The first-order valence-corrected chi connectivity index (χ1v) is 8.54. The van der Waals surface area contributed by atoms with Gasteiger partial charge >= 0.3 is 0 Å². The zero-order valence-corrected chi connectivity index (χ0v) is 14.5. The van der Waals surface area contributed by atoms with Gasteiger partial charge in [-0.3, -0.25) is 4.79 Å². The van der Waals surface area contributed by atoms with Gasteiger partial charge in [0.15, 0.2) is 0 Å². The van der Waals surface area contributed by atoms with E-state index < -0.39 is 6.10 Å². The molecule has 0 saturated carbocycles. The minimum Gasteiger partial charge on any atom is -0.387 e. The van der Waals surface area contributed by atoms with E-state index in [4.69, 9.17) is 23.2 Å². The lowest BCUT2D eigenvalue weighted by Crippen LogP contribution is -2.40. The highest BCUT2D eigenvalue weighted by atomic mass is 35.5. The molecule has 6 heteroatoms. The van der Waals surface area contributed by atoms with Crippen molar-refractivity contribution in [2.24, 2.45) is 0 Å². The Morgan fingerprint density at radius 1 is 1.21 bits per heavy atom. The predicted molar refractivity (Wildman–Crippen MR) is 96.6 cm³/mol. The molecule has 126 valence electrons. The van der Waals surface area contributed by atoms with Crippen molar-refractivity contribution in [2.75, 3.05) is 18.0 Å². The minimum atomic E-state index is -0.798. The number of benzene rings is 2. The molecular formula is C18H18Cl2N2O2. The number of amides is 1. The van der Waals surface area contributed by atoms with Gasteiger partial charge in [0.25, 0.3) is 0 Å². The van der Waals surface area contributed by atoms with Crippen molar-refractivity contribution in [2.45, 2.75) is 18.6 Å². The lowest BCUT2D eigenvalue weighted by atomic mass is 10.1. The van der Waals surface area contributed by atoms with Gasteiger partial charge in [-0.15, -0.1) is 0 Å². The lowest BCUT2D eigenvalue weighted by Gasteiger charge is -2.19. The maximum absolute atomic E-state index is 12.5. The molecule has 24 heavy (non-hydrogen) atoms. The number of para-hydroxylation sites is 1. The number of halogens is 2. The van der Waals surface area contributed by atoms with E-state index in [9.17, 15) is 9.90 Å². The van der Waals surface area contributed by atoms with Crippen molar-refractivity contribution in [1.29, 1.82) is 0 Å². The summed E-state index contributed by atoms with van der Waals surface area (Å²) in [5, 5.41) is 14.4. The van der Waals surface area contributed by atoms with Crippen molar-refractivity contribution in [1.82, 2.24) is 5.32 Å². The highest BCUT2D eigenvalue weighted by Gasteiger charge is 2.32. The largest absolute Gasteiger partial charge is 0.387 e. The van der Waals surface area contributed by atoms with Crippen LogP contribution < -0.4 is 10.2 Å². The first kappa shape index (κ1) is 17.2. The first-order chi connectivity index (χ1) is 11.6. The van der Waals surface area contributed by atoms with Gasteiger partial charge < -0.3 is 15.3 Å². The lowest BCUT2D eigenvalue weighted by molar-refractivity contribution is -0.118. The van der Waals surface area contributed by atoms with Crippen molar-refractivity contribution in [3.63, 3.8) is 0 Å². The van der Waals surface area contributed by atoms with Gasteiger partial charge in [-0.2, -0.15) is 0 Å². The van der Waals surface area contributed by atoms with Crippen LogP contribution in [-0.2, 0) is 4.79 Å². The third-order valence-corrected chi connectivity index (χ3v) is 4.71. The number of hydrogen-bond acceptors (Lipinski definition) is 3. The summed E-state index contributed by atoms with van der Waals surface area (Å²) < 4.78 is 0. The fourth-order valence-corrected chi connectivity index (χ4v) is 3.40. The van der Waals surface area contributed by atoms with Crippen molar-refractivity contribution in [3.05, 3.63) is 64.1 Å². The summed E-state index contributed by atoms with van der Waals surface area (Å²) in [5.41, 5.74) is 1.49.